The molecule has 3 aliphatic rings. The van der Waals surface area contributed by atoms with Crippen LogP contribution in [0.2, 0.25) is 0 Å². The summed E-state index contributed by atoms with van der Waals surface area (Å²) in [5.41, 5.74) is 6.08. The van der Waals surface area contributed by atoms with Crippen LogP contribution < -0.4 is 43.0 Å². The van der Waals surface area contributed by atoms with E-state index in [9.17, 15) is 62.7 Å². The maximum atomic E-state index is 14.5. The Morgan fingerprint density at radius 2 is 1.52 bits per heavy atom. The Balaban J connectivity index is 1.72. The van der Waals surface area contributed by atoms with Crippen LogP contribution in [0.5, 0.6) is 0 Å². The van der Waals surface area contributed by atoms with Crippen LogP contribution in [0.3, 0.4) is 0 Å². The number of rotatable bonds is 7. The summed E-state index contributed by atoms with van der Waals surface area (Å²) >= 11 is 0. The lowest BCUT2D eigenvalue weighted by Crippen LogP contribution is -2.62. The van der Waals surface area contributed by atoms with Gasteiger partial charge in [0.25, 0.3) is 0 Å². The van der Waals surface area contributed by atoms with Gasteiger partial charge in [0.15, 0.2) is 0 Å². The van der Waals surface area contributed by atoms with Crippen LogP contribution in [0.1, 0.15) is 45.6 Å². The molecule has 11 unspecified atom stereocenters. The predicted octanol–water partition coefficient (Wildman–Crippen LogP) is -5.63. The van der Waals surface area contributed by atoms with Crippen molar-refractivity contribution in [3.05, 3.63) is 29.8 Å². The molecule has 24 heteroatoms. The van der Waals surface area contributed by atoms with E-state index in [4.69, 9.17) is 5.73 Å². The molecule has 63 heavy (non-hydrogen) atoms. The number of aliphatic hydroxyl groups is 3. The number of nitrogens with two attached hydrogens (primary N) is 1. The minimum atomic E-state index is -2.29. The first-order chi connectivity index (χ1) is 29.8. The number of nitrogens with zero attached hydrogens (tertiary/aromatic N) is 1. The average Bonchev–Trinajstić information content (AvgIpc) is 3.83. The van der Waals surface area contributed by atoms with Gasteiger partial charge in [-0.25, -0.2) is 0 Å². The smallest absolute Gasteiger partial charge is 0.246 e. The van der Waals surface area contributed by atoms with Crippen molar-refractivity contribution in [1.82, 2.24) is 47.1 Å². The van der Waals surface area contributed by atoms with Crippen LogP contribution >= 0.6 is 0 Å². The number of para-hydroxylation sites is 1. The number of hydrogen-bond acceptors (Lipinski definition) is 13. The second-order valence-corrected chi connectivity index (χ2v) is 17.4. The Morgan fingerprint density at radius 1 is 0.857 bits per heavy atom. The maximum absolute atomic E-state index is 14.5. The average molecular weight is 903 g/mol. The molecular weight excluding hydrogens is 849 g/mol. The number of hydrogen-bond donors (Lipinski definition) is 12. The van der Waals surface area contributed by atoms with Crippen molar-refractivity contribution in [2.75, 3.05) is 32.0 Å². The third-order valence-electron chi connectivity index (χ3n) is 11.5. The van der Waals surface area contributed by atoms with E-state index in [0.29, 0.717) is 17.3 Å². The highest BCUT2D eigenvalue weighted by molar-refractivity contribution is 7.85. The number of aliphatic hydroxyl groups excluding tert-OH is 3. The number of benzene rings is 1. The van der Waals surface area contributed by atoms with Gasteiger partial charge >= 0.3 is 0 Å². The number of fused-ring (bicyclic) bond motifs is 5. The van der Waals surface area contributed by atoms with Gasteiger partial charge in [-0.1, -0.05) is 45.4 Å². The topological polar surface area (TPSA) is 361 Å². The van der Waals surface area contributed by atoms with E-state index in [1.807, 2.05) is 0 Å². The van der Waals surface area contributed by atoms with E-state index in [1.54, 1.807) is 38.1 Å². The summed E-state index contributed by atoms with van der Waals surface area (Å²) < 4.78 is 14.5. The van der Waals surface area contributed by atoms with E-state index in [2.05, 4.69) is 42.2 Å². The molecule has 1 saturated heterocycles. The number of amides is 9. The first-order valence-corrected chi connectivity index (χ1v) is 21.7. The number of primary amides is 1. The predicted molar refractivity (Wildman–Crippen MR) is 221 cm³/mol. The van der Waals surface area contributed by atoms with Crippen molar-refractivity contribution >= 4 is 74.9 Å². The van der Waals surface area contributed by atoms with Crippen LogP contribution in [-0.2, 0) is 60.4 Å². The van der Waals surface area contributed by atoms with Crippen LogP contribution in [0.25, 0.3) is 10.9 Å². The van der Waals surface area contributed by atoms with Crippen molar-refractivity contribution in [1.29, 1.82) is 0 Å². The van der Waals surface area contributed by atoms with Crippen LogP contribution in [0.15, 0.2) is 29.3 Å². The summed E-state index contributed by atoms with van der Waals surface area (Å²) in [7, 11) is -2.29. The zero-order valence-corrected chi connectivity index (χ0v) is 35.6. The van der Waals surface area contributed by atoms with Gasteiger partial charge in [-0.3, -0.25) is 47.4 Å². The van der Waals surface area contributed by atoms with E-state index < -0.39 is 176 Å². The van der Waals surface area contributed by atoms with E-state index >= 15 is 0 Å². The third-order valence-corrected chi connectivity index (χ3v) is 12.9. The van der Waals surface area contributed by atoms with Crippen molar-refractivity contribution in [3.8, 4) is 0 Å². The number of carbonyl (C=O) groups is 9. The van der Waals surface area contributed by atoms with Crippen molar-refractivity contribution in [2.45, 2.75) is 99.9 Å². The molecular formula is C39H54N10O13S. The Hall–Kier alpha value is -5.98. The molecule has 2 aromatic rings. The maximum Gasteiger partial charge on any atom is 0.246 e. The number of aromatic amines is 1. The van der Waals surface area contributed by atoms with Gasteiger partial charge in [-0.05, 0) is 17.5 Å². The zero-order valence-electron chi connectivity index (χ0n) is 34.8. The number of carbonyl (C=O) groups excluding carboxylic acids is 9. The summed E-state index contributed by atoms with van der Waals surface area (Å²) in [6.07, 6.45) is -4.24. The lowest BCUT2D eigenvalue weighted by Gasteiger charge is -2.32. The summed E-state index contributed by atoms with van der Waals surface area (Å²) in [6, 6.07) is -3.18. The van der Waals surface area contributed by atoms with Gasteiger partial charge in [-0.2, -0.15) is 0 Å². The van der Waals surface area contributed by atoms with Crippen molar-refractivity contribution in [3.63, 3.8) is 0 Å². The molecule has 344 valence electrons. The Kier molecular flexibility index (Phi) is 16.0. The molecule has 9 amide bonds. The summed E-state index contributed by atoms with van der Waals surface area (Å²) in [6.45, 7) is 1.90. The fourth-order valence-corrected chi connectivity index (χ4v) is 9.05. The third kappa shape index (κ3) is 11.5. The molecule has 2 bridgehead atoms. The molecule has 5 rings (SSSR count). The molecule has 1 fully saturated rings. The van der Waals surface area contributed by atoms with Gasteiger partial charge in [0.2, 0.25) is 53.2 Å². The Bertz CT molecular complexity index is 2150. The van der Waals surface area contributed by atoms with Crippen LogP contribution in [-0.4, -0.2) is 163 Å². The minimum Gasteiger partial charge on any atom is -0.394 e. The highest BCUT2D eigenvalue weighted by Crippen LogP contribution is 2.28. The molecule has 0 radical (unpaired) electrons. The fourth-order valence-electron chi connectivity index (χ4n) is 7.66. The molecule has 0 aliphatic carbocycles. The first kappa shape index (κ1) is 48.1. The quantitative estimate of drug-likeness (QED) is 0.124. The van der Waals surface area contributed by atoms with Crippen molar-refractivity contribution < 1.29 is 62.7 Å². The standard InChI is InChI=1S/C39H54N10O13S/c1-4-17(2)31-36(59)42-12-29(54)43-25-16-63(62)38-21(20-7-5-6-8-22(20)46-38)10-23(33(56)41-13-30(55)47-31)44-37(60)32(18(3)27(52)15-50)48-35(58)26-9-19(51)14-49(26)39(61)24(11-28(40)53)45-34(25)57/h5-8,17-19,23-27,31-32,46,50-52H,4,9-16H2,1-3H3,(H2,40,53)(H,41,56)(H,42,59)(H,43,54)(H,44,60)(H,45,57)(H,47,55)(H,48,58). The Labute approximate surface area is 363 Å². The number of nitrogens with one attached hydrogen (secondary N) is 8. The van der Waals surface area contributed by atoms with Crippen LogP contribution in [0.4, 0.5) is 0 Å². The largest absolute Gasteiger partial charge is 0.394 e. The molecule has 3 aliphatic heterocycles. The normalized spacial score (nSPS) is 28.8. The lowest BCUT2D eigenvalue weighted by atomic mass is 9.93. The second kappa shape index (κ2) is 20.9. The highest BCUT2D eigenvalue weighted by Gasteiger charge is 2.45. The van der Waals surface area contributed by atoms with Gasteiger partial charge in [-0.15, -0.1) is 0 Å². The molecule has 0 spiro atoms. The van der Waals surface area contributed by atoms with Crippen molar-refractivity contribution in [2.24, 2.45) is 17.6 Å². The molecule has 13 N–H and O–H groups in total. The number of H-pyrrole nitrogens is 1. The highest BCUT2D eigenvalue weighted by atomic mass is 32.2. The molecule has 23 nitrogen and oxygen atoms in total. The van der Waals surface area contributed by atoms with E-state index in [-0.39, 0.29) is 10.6 Å². The van der Waals surface area contributed by atoms with Crippen LogP contribution in [0, 0.1) is 11.8 Å². The Morgan fingerprint density at radius 3 is 2.19 bits per heavy atom. The van der Waals surface area contributed by atoms with Gasteiger partial charge in [0, 0.05) is 36.2 Å². The lowest BCUT2D eigenvalue weighted by molar-refractivity contribution is -0.144. The summed E-state index contributed by atoms with van der Waals surface area (Å²) in [5.74, 6) is -11.4. The number of aromatic nitrogens is 1. The van der Waals surface area contributed by atoms with Gasteiger partial charge in [0.1, 0.15) is 41.3 Å². The van der Waals surface area contributed by atoms with E-state index in [0.717, 1.165) is 4.90 Å². The SMILES string of the molecule is CCC(C)C1NC(=O)CNC(=O)C2Cc3c([nH]c4ccccc34)S(=O)CC(NC(=O)CNC1=O)C(=O)NC(CC(N)=O)C(=O)N1CC(O)CC1C(=O)NC(C(C)C(O)CO)C(=O)N2. The second-order valence-electron chi connectivity index (χ2n) is 16.0. The monoisotopic (exact) mass is 902 g/mol. The molecule has 4 heterocycles. The minimum absolute atomic E-state index is 0.0625. The van der Waals surface area contributed by atoms with E-state index in [1.165, 1.54) is 6.92 Å². The molecule has 11 atom stereocenters. The zero-order chi connectivity index (χ0) is 46.3. The van der Waals surface area contributed by atoms with Gasteiger partial charge in [0.05, 0.1) is 54.9 Å². The first-order valence-electron chi connectivity index (χ1n) is 20.4. The van der Waals surface area contributed by atoms with Gasteiger partial charge < -0.3 is 68.2 Å². The molecule has 1 aromatic carbocycles. The summed E-state index contributed by atoms with van der Waals surface area (Å²) in [5, 5.41) is 48.9. The molecule has 0 saturated carbocycles. The fraction of sp³-hybridized carbons (Fsp3) is 0.564. The molecule has 1 aromatic heterocycles. The summed E-state index contributed by atoms with van der Waals surface area (Å²) in [4.78, 5) is 127.